The molecule has 1 aliphatic carbocycles. The Morgan fingerprint density at radius 1 is 1.31 bits per heavy atom. The molecule has 2 fully saturated rings. The van der Waals surface area contributed by atoms with E-state index in [1.54, 1.807) is 0 Å². The highest BCUT2D eigenvalue weighted by molar-refractivity contribution is 5.05. The first kappa shape index (κ1) is 10.2. The van der Waals surface area contributed by atoms with Gasteiger partial charge in [-0.1, -0.05) is 0 Å². The van der Waals surface area contributed by atoms with Crippen LogP contribution < -0.4 is 5.73 Å². The van der Waals surface area contributed by atoms with Crippen molar-refractivity contribution in [3.63, 3.8) is 0 Å². The zero-order valence-electron chi connectivity index (χ0n) is 9.59. The van der Waals surface area contributed by atoms with Gasteiger partial charge >= 0.3 is 0 Å². The Morgan fingerprint density at radius 2 is 2.12 bits per heavy atom. The minimum absolute atomic E-state index is 0.107. The third kappa shape index (κ3) is 1.64. The van der Waals surface area contributed by atoms with Crippen molar-refractivity contribution in [2.45, 2.75) is 50.9 Å². The van der Waals surface area contributed by atoms with E-state index in [1.165, 1.54) is 12.8 Å². The Bertz CT molecular complexity index is 385. The molecule has 5 nitrogen and oxygen atoms in total. The fraction of sp³-hybridized carbons (Fsp3) is 0.818. The molecule has 1 saturated heterocycles. The van der Waals surface area contributed by atoms with Gasteiger partial charge in [-0.05, 0) is 32.6 Å². The predicted octanol–water partition coefficient (Wildman–Crippen LogP) is 1.10. The van der Waals surface area contributed by atoms with Crippen LogP contribution in [0.4, 0.5) is 0 Å². The number of aryl methyl sites for hydroxylation is 1. The Balaban J connectivity index is 1.83. The van der Waals surface area contributed by atoms with Crippen LogP contribution >= 0.6 is 0 Å². The monoisotopic (exact) mass is 222 g/mol. The van der Waals surface area contributed by atoms with Crippen LogP contribution in [0.25, 0.3) is 0 Å². The van der Waals surface area contributed by atoms with Crippen LogP contribution in [0.1, 0.15) is 49.5 Å². The Morgan fingerprint density at radius 3 is 2.75 bits per heavy atom. The molecule has 88 valence electrons. The van der Waals surface area contributed by atoms with Gasteiger partial charge in [0.1, 0.15) is 11.9 Å². The lowest BCUT2D eigenvalue weighted by Gasteiger charge is -2.13. The summed E-state index contributed by atoms with van der Waals surface area (Å²) in [5, 5.41) is 8.45. The average Bonchev–Trinajstić information content (AvgIpc) is 2.88. The van der Waals surface area contributed by atoms with E-state index in [4.69, 9.17) is 10.5 Å². The molecule has 5 heteroatoms. The summed E-state index contributed by atoms with van der Waals surface area (Å²) in [4.78, 5) is 0. The van der Waals surface area contributed by atoms with Crippen molar-refractivity contribution in [3.8, 4) is 0 Å². The third-order valence-corrected chi connectivity index (χ3v) is 3.46. The Kier molecular flexibility index (Phi) is 2.44. The maximum atomic E-state index is 5.88. The SMILES string of the molecule is Cc1nnc(C2CCC(CN)O2)n1C1CC1. The molecular formula is C11H18N4O. The molecule has 1 aromatic rings. The summed E-state index contributed by atoms with van der Waals surface area (Å²) in [6.45, 7) is 2.62. The molecule has 2 aliphatic rings. The molecule has 0 bridgehead atoms. The number of nitrogens with two attached hydrogens (primary N) is 1. The molecule has 3 rings (SSSR count). The van der Waals surface area contributed by atoms with Crippen LogP contribution in [0.15, 0.2) is 0 Å². The van der Waals surface area contributed by atoms with Gasteiger partial charge in [-0.15, -0.1) is 10.2 Å². The second-order valence-electron chi connectivity index (χ2n) is 4.77. The summed E-state index contributed by atoms with van der Waals surface area (Å²) in [7, 11) is 0. The lowest BCUT2D eigenvalue weighted by molar-refractivity contribution is 0.0424. The van der Waals surface area contributed by atoms with Crippen molar-refractivity contribution in [1.29, 1.82) is 0 Å². The summed E-state index contributed by atoms with van der Waals surface area (Å²) in [5.74, 6) is 2.02. The molecule has 2 N–H and O–H groups in total. The van der Waals surface area contributed by atoms with Crippen LogP contribution in [0.2, 0.25) is 0 Å². The zero-order valence-corrected chi connectivity index (χ0v) is 9.59. The minimum Gasteiger partial charge on any atom is -0.366 e. The van der Waals surface area contributed by atoms with Gasteiger partial charge in [0.25, 0.3) is 0 Å². The van der Waals surface area contributed by atoms with E-state index >= 15 is 0 Å². The normalized spacial score (nSPS) is 29.9. The van der Waals surface area contributed by atoms with Crippen LogP contribution in [0.3, 0.4) is 0 Å². The fourth-order valence-corrected chi connectivity index (χ4v) is 2.46. The molecule has 1 saturated carbocycles. The van der Waals surface area contributed by atoms with E-state index in [2.05, 4.69) is 14.8 Å². The van der Waals surface area contributed by atoms with Crippen molar-refractivity contribution in [2.24, 2.45) is 5.73 Å². The highest BCUT2D eigenvalue weighted by atomic mass is 16.5. The van der Waals surface area contributed by atoms with Crippen LogP contribution in [0.5, 0.6) is 0 Å². The molecule has 2 unspecified atom stereocenters. The van der Waals surface area contributed by atoms with Crippen LogP contribution in [0, 0.1) is 6.92 Å². The largest absolute Gasteiger partial charge is 0.366 e. The van der Waals surface area contributed by atoms with E-state index < -0.39 is 0 Å². The quantitative estimate of drug-likeness (QED) is 0.831. The van der Waals surface area contributed by atoms with Gasteiger partial charge in [0.15, 0.2) is 5.82 Å². The smallest absolute Gasteiger partial charge is 0.162 e. The summed E-state index contributed by atoms with van der Waals surface area (Å²) in [6, 6.07) is 0.616. The summed E-state index contributed by atoms with van der Waals surface area (Å²) < 4.78 is 8.13. The van der Waals surface area contributed by atoms with Gasteiger partial charge in [-0.3, -0.25) is 0 Å². The topological polar surface area (TPSA) is 66.0 Å². The first-order chi connectivity index (χ1) is 7.79. The van der Waals surface area contributed by atoms with Gasteiger partial charge in [0, 0.05) is 12.6 Å². The number of aromatic nitrogens is 3. The fourth-order valence-electron chi connectivity index (χ4n) is 2.46. The molecule has 2 atom stereocenters. The Labute approximate surface area is 95.0 Å². The van der Waals surface area contributed by atoms with Crippen molar-refractivity contribution in [2.75, 3.05) is 6.54 Å². The van der Waals surface area contributed by atoms with Crippen LogP contribution in [-0.4, -0.2) is 27.4 Å². The lowest BCUT2D eigenvalue weighted by Crippen LogP contribution is -2.19. The molecule has 16 heavy (non-hydrogen) atoms. The van der Waals surface area contributed by atoms with E-state index in [0.29, 0.717) is 12.6 Å². The molecule has 0 amide bonds. The molecule has 1 aromatic heterocycles. The van der Waals surface area contributed by atoms with Crippen molar-refractivity contribution in [3.05, 3.63) is 11.6 Å². The van der Waals surface area contributed by atoms with Gasteiger partial charge < -0.3 is 15.0 Å². The van der Waals surface area contributed by atoms with E-state index in [9.17, 15) is 0 Å². The zero-order chi connectivity index (χ0) is 11.1. The molecule has 2 heterocycles. The number of ether oxygens (including phenoxy) is 1. The molecule has 0 aromatic carbocycles. The molecular weight excluding hydrogens is 204 g/mol. The van der Waals surface area contributed by atoms with Crippen LogP contribution in [-0.2, 0) is 4.74 Å². The lowest BCUT2D eigenvalue weighted by atomic mass is 10.2. The highest BCUT2D eigenvalue weighted by Gasteiger charge is 2.34. The first-order valence-corrected chi connectivity index (χ1v) is 6.06. The standard InChI is InChI=1S/C11H18N4O/c1-7-13-14-11(15(7)8-2-3-8)10-5-4-9(6-12)16-10/h8-10H,2-6,12H2,1H3. The van der Waals surface area contributed by atoms with E-state index in [1.807, 2.05) is 6.92 Å². The second kappa shape index (κ2) is 3.82. The average molecular weight is 222 g/mol. The predicted molar refractivity (Wildman–Crippen MR) is 58.9 cm³/mol. The van der Waals surface area contributed by atoms with Gasteiger partial charge in [-0.25, -0.2) is 0 Å². The number of hydrogen-bond donors (Lipinski definition) is 1. The Hall–Kier alpha value is -0.940. The van der Waals surface area contributed by atoms with E-state index in [-0.39, 0.29) is 12.2 Å². The number of rotatable bonds is 3. The van der Waals surface area contributed by atoms with Crippen molar-refractivity contribution < 1.29 is 4.74 Å². The summed E-state index contributed by atoms with van der Waals surface area (Å²) in [6.07, 6.45) is 4.87. The van der Waals surface area contributed by atoms with Crippen molar-refractivity contribution >= 4 is 0 Å². The van der Waals surface area contributed by atoms with Gasteiger partial charge in [0.2, 0.25) is 0 Å². The maximum absolute atomic E-state index is 5.88. The molecule has 1 aliphatic heterocycles. The maximum Gasteiger partial charge on any atom is 0.162 e. The summed E-state index contributed by atoms with van der Waals surface area (Å²) in [5.41, 5.74) is 5.62. The first-order valence-electron chi connectivity index (χ1n) is 6.06. The highest BCUT2D eigenvalue weighted by Crippen LogP contribution is 2.40. The number of hydrogen-bond acceptors (Lipinski definition) is 4. The summed E-state index contributed by atoms with van der Waals surface area (Å²) >= 11 is 0. The molecule has 0 spiro atoms. The third-order valence-electron chi connectivity index (χ3n) is 3.46. The number of nitrogens with zero attached hydrogens (tertiary/aromatic N) is 3. The van der Waals surface area contributed by atoms with Gasteiger partial charge in [0.05, 0.1) is 6.10 Å². The minimum atomic E-state index is 0.107. The van der Waals surface area contributed by atoms with Gasteiger partial charge in [-0.2, -0.15) is 0 Å². The second-order valence-corrected chi connectivity index (χ2v) is 4.77. The van der Waals surface area contributed by atoms with E-state index in [0.717, 1.165) is 24.5 Å². The van der Waals surface area contributed by atoms with Crippen molar-refractivity contribution in [1.82, 2.24) is 14.8 Å². The molecule has 0 radical (unpaired) electrons.